The quantitative estimate of drug-likeness (QED) is 0.317. The van der Waals surface area contributed by atoms with Gasteiger partial charge in [0.05, 0.1) is 0 Å². The fourth-order valence-corrected chi connectivity index (χ4v) is 3.05. The number of benzene rings is 4. The molecule has 0 unspecified atom stereocenters. The van der Waals surface area contributed by atoms with Gasteiger partial charge in [0.1, 0.15) is 0 Å². The molecular weight excluding hydrogens is 240 g/mol. The third-order valence-corrected chi connectivity index (χ3v) is 3.98. The van der Waals surface area contributed by atoms with E-state index in [0.717, 1.165) is 21.9 Å². The molecule has 0 fully saturated rings. The summed E-state index contributed by atoms with van der Waals surface area (Å²) in [6.45, 7) is 0. The average Bonchev–Trinajstić information content (AvgIpc) is 2.52. The van der Waals surface area contributed by atoms with Gasteiger partial charge in [0.15, 0.2) is 0 Å². The molecule has 0 saturated carbocycles. The molecule has 90 valence electrons. The first-order valence-electron chi connectivity index (χ1n) is 6.47. The minimum Gasteiger partial charge on any atom is -0.115 e. The zero-order valence-corrected chi connectivity index (χ0v) is 10.8. The maximum Gasteiger partial charge on any atom is 0.0321 e. The second-order valence-corrected chi connectivity index (χ2v) is 4.94. The van der Waals surface area contributed by atoms with Gasteiger partial charge in [-0.05, 0) is 44.5 Å². The maximum atomic E-state index is 5.62. The van der Waals surface area contributed by atoms with E-state index in [1.54, 1.807) is 0 Å². The second-order valence-electron chi connectivity index (χ2n) is 4.94. The van der Waals surface area contributed by atoms with E-state index in [4.69, 9.17) is 12.8 Å². The molecule has 0 saturated heterocycles. The summed E-state index contributed by atoms with van der Waals surface area (Å²) in [6, 6.07) is 16.6. The van der Waals surface area contributed by atoms with Gasteiger partial charge in [-0.25, -0.2) is 0 Å². The Morgan fingerprint density at radius 3 is 1.35 bits per heavy atom. The van der Waals surface area contributed by atoms with Gasteiger partial charge in [0.25, 0.3) is 0 Å². The third-order valence-electron chi connectivity index (χ3n) is 3.98. The van der Waals surface area contributed by atoms with Crippen LogP contribution >= 0.6 is 0 Å². The van der Waals surface area contributed by atoms with Crippen LogP contribution in [0.15, 0.2) is 48.5 Å². The molecule has 0 nitrogen and oxygen atoms in total. The molecule has 0 atom stereocenters. The lowest BCUT2D eigenvalue weighted by Gasteiger charge is -2.12. The van der Waals surface area contributed by atoms with E-state index in [2.05, 4.69) is 48.2 Å². The van der Waals surface area contributed by atoms with Crippen LogP contribution in [0.1, 0.15) is 11.1 Å². The van der Waals surface area contributed by atoms with Crippen LogP contribution in [0.2, 0.25) is 0 Å². The van der Waals surface area contributed by atoms with Crippen molar-refractivity contribution < 1.29 is 0 Å². The van der Waals surface area contributed by atoms with Crippen molar-refractivity contribution in [1.29, 1.82) is 0 Å². The highest BCUT2D eigenvalue weighted by Gasteiger charge is 2.11. The number of terminal acetylenes is 2. The van der Waals surface area contributed by atoms with Gasteiger partial charge < -0.3 is 0 Å². The predicted molar refractivity (Wildman–Crippen MR) is 86.0 cm³/mol. The van der Waals surface area contributed by atoms with E-state index in [1.165, 1.54) is 21.5 Å². The molecule has 0 amide bonds. The van der Waals surface area contributed by atoms with Crippen molar-refractivity contribution in [1.82, 2.24) is 0 Å². The van der Waals surface area contributed by atoms with Gasteiger partial charge in [0, 0.05) is 11.1 Å². The maximum absolute atomic E-state index is 5.62. The molecule has 0 aliphatic rings. The van der Waals surface area contributed by atoms with Crippen molar-refractivity contribution in [3.8, 4) is 24.7 Å². The summed E-state index contributed by atoms with van der Waals surface area (Å²) >= 11 is 0. The van der Waals surface area contributed by atoms with E-state index in [1.807, 2.05) is 12.1 Å². The molecule has 0 aromatic heterocycles. The Morgan fingerprint density at radius 2 is 0.950 bits per heavy atom. The zero-order valence-electron chi connectivity index (χ0n) is 10.8. The highest BCUT2D eigenvalue weighted by molar-refractivity contribution is 6.24. The summed E-state index contributed by atoms with van der Waals surface area (Å²) in [5, 5.41) is 7.08. The Morgan fingerprint density at radius 1 is 0.550 bits per heavy atom. The molecule has 0 heteroatoms. The van der Waals surface area contributed by atoms with E-state index in [0.29, 0.717) is 0 Å². The van der Waals surface area contributed by atoms with Crippen LogP contribution in [0.4, 0.5) is 0 Å². The molecule has 0 radical (unpaired) electrons. The van der Waals surface area contributed by atoms with Crippen molar-refractivity contribution >= 4 is 32.3 Å². The van der Waals surface area contributed by atoms with Crippen LogP contribution in [-0.2, 0) is 0 Å². The molecule has 20 heavy (non-hydrogen) atoms. The van der Waals surface area contributed by atoms with Gasteiger partial charge in [-0.15, -0.1) is 12.8 Å². The van der Waals surface area contributed by atoms with Crippen LogP contribution < -0.4 is 0 Å². The minimum atomic E-state index is 0.929. The number of rotatable bonds is 0. The van der Waals surface area contributed by atoms with E-state index >= 15 is 0 Å². The molecule has 0 spiro atoms. The lowest BCUT2D eigenvalue weighted by molar-refractivity contribution is 1.72. The topological polar surface area (TPSA) is 0 Å². The summed E-state index contributed by atoms with van der Waals surface area (Å²) in [5.41, 5.74) is 1.86. The summed E-state index contributed by atoms with van der Waals surface area (Å²) in [6.07, 6.45) is 11.2. The Hall–Kier alpha value is -2.96. The van der Waals surface area contributed by atoms with Crippen LogP contribution in [0.3, 0.4) is 0 Å². The van der Waals surface area contributed by atoms with Crippen LogP contribution in [0.5, 0.6) is 0 Å². The van der Waals surface area contributed by atoms with Gasteiger partial charge >= 0.3 is 0 Å². The second kappa shape index (κ2) is 3.77. The Bertz CT molecular complexity index is 965. The van der Waals surface area contributed by atoms with E-state index in [-0.39, 0.29) is 0 Å². The first-order chi connectivity index (χ1) is 9.83. The lowest BCUT2D eigenvalue weighted by atomic mass is 9.90. The molecule has 0 aliphatic carbocycles. The van der Waals surface area contributed by atoms with E-state index in [9.17, 15) is 0 Å². The smallest absolute Gasteiger partial charge is 0.0321 e. The number of hydrogen-bond acceptors (Lipinski definition) is 0. The van der Waals surface area contributed by atoms with Crippen LogP contribution in [-0.4, -0.2) is 0 Å². The van der Waals surface area contributed by atoms with Gasteiger partial charge in [-0.2, -0.15) is 0 Å². The first kappa shape index (κ1) is 10.9. The summed E-state index contributed by atoms with van der Waals surface area (Å²) < 4.78 is 0. The molecule has 0 N–H and O–H groups in total. The van der Waals surface area contributed by atoms with Crippen molar-refractivity contribution in [3.05, 3.63) is 59.7 Å². The Labute approximate surface area is 117 Å². The van der Waals surface area contributed by atoms with Crippen molar-refractivity contribution in [2.24, 2.45) is 0 Å². The van der Waals surface area contributed by atoms with Gasteiger partial charge in [-0.3, -0.25) is 0 Å². The molecular formula is C20H10. The normalized spacial score (nSPS) is 10.9. The molecule has 0 heterocycles. The molecule has 0 bridgehead atoms. The van der Waals surface area contributed by atoms with Crippen LogP contribution in [0.25, 0.3) is 32.3 Å². The minimum absolute atomic E-state index is 0.929. The fourth-order valence-electron chi connectivity index (χ4n) is 3.05. The SMILES string of the molecule is C#Cc1ccc2ccc3c(C#C)ccc4ccc1c2c43. The van der Waals surface area contributed by atoms with Gasteiger partial charge in [-0.1, -0.05) is 48.2 Å². The van der Waals surface area contributed by atoms with Crippen molar-refractivity contribution in [2.75, 3.05) is 0 Å². The van der Waals surface area contributed by atoms with Crippen molar-refractivity contribution in [2.45, 2.75) is 0 Å². The standard InChI is InChI=1S/C20H10/c1-3-13-5-7-15-10-12-18-14(4-2)6-8-16-9-11-17(13)19(15)20(16)18/h1-2,5-12H. The van der Waals surface area contributed by atoms with Crippen LogP contribution in [0, 0.1) is 24.7 Å². The molecule has 4 aromatic rings. The Kier molecular flexibility index (Phi) is 2.06. The lowest BCUT2D eigenvalue weighted by Crippen LogP contribution is -1.88. The highest BCUT2D eigenvalue weighted by Crippen LogP contribution is 2.36. The van der Waals surface area contributed by atoms with Crippen molar-refractivity contribution in [3.63, 3.8) is 0 Å². The number of hydrogen-bond donors (Lipinski definition) is 0. The highest BCUT2D eigenvalue weighted by atomic mass is 14.1. The van der Waals surface area contributed by atoms with E-state index < -0.39 is 0 Å². The monoisotopic (exact) mass is 250 g/mol. The predicted octanol–water partition coefficient (Wildman–Crippen LogP) is 4.55. The third kappa shape index (κ3) is 1.23. The largest absolute Gasteiger partial charge is 0.115 e. The molecule has 4 aromatic carbocycles. The fraction of sp³-hybridized carbons (Fsp3) is 0. The summed E-state index contributed by atoms with van der Waals surface area (Å²) in [4.78, 5) is 0. The zero-order chi connectivity index (χ0) is 13.7. The average molecular weight is 250 g/mol. The summed E-state index contributed by atoms with van der Waals surface area (Å²) in [5.74, 6) is 5.54. The Balaban J connectivity index is 2.42. The first-order valence-corrected chi connectivity index (χ1v) is 6.47. The molecule has 4 rings (SSSR count). The summed E-state index contributed by atoms with van der Waals surface area (Å²) in [7, 11) is 0. The van der Waals surface area contributed by atoms with Gasteiger partial charge in [0.2, 0.25) is 0 Å². The molecule has 0 aliphatic heterocycles.